The summed E-state index contributed by atoms with van der Waals surface area (Å²) in [5.41, 5.74) is 6.91. The zero-order chi connectivity index (χ0) is 9.80. The minimum Gasteiger partial charge on any atom is -0.329 e. The molecule has 1 aliphatic carbocycles. The van der Waals surface area contributed by atoms with E-state index in [-0.39, 0.29) is 6.04 Å². The first-order chi connectivity index (χ1) is 6.90. The fraction of sp³-hybridized carbons (Fsp3) is 0.545. The van der Waals surface area contributed by atoms with Gasteiger partial charge in [0, 0.05) is 25.0 Å². The van der Waals surface area contributed by atoms with Crippen molar-refractivity contribution in [3.05, 3.63) is 30.1 Å². The lowest BCUT2D eigenvalue weighted by atomic mass is 10.1. The highest BCUT2D eigenvalue weighted by molar-refractivity contribution is 5.14. The molecular formula is C11H17N3. The smallest absolute Gasteiger partial charge is 0.0459 e. The average molecular weight is 191 g/mol. The SMILES string of the molecule is NCC(NCC1CC1)c1cccnc1. The Morgan fingerprint density at radius 2 is 2.43 bits per heavy atom. The largest absolute Gasteiger partial charge is 0.329 e. The molecule has 1 aromatic rings. The molecule has 1 unspecified atom stereocenters. The third kappa shape index (κ3) is 2.53. The highest BCUT2D eigenvalue weighted by atomic mass is 14.9. The maximum absolute atomic E-state index is 5.72. The predicted octanol–water partition coefficient (Wildman–Crippen LogP) is 1.08. The van der Waals surface area contributed by atoms with Crippen molar-refractivity contribution in [1.82, 2.24) is 10.3 Å². The first-order valence-electron chi connectivity index (χ1n) is 5.23. The second-order valence-electron chi connectivity index (χ2n) is 3.93. The normalized spacial score (nSPS) is 18.1. The van der Waals surface area contributed by atoms with Crippen LogP contribution in [-0.4, -0.2) is 18.1 Å². The van der Waals surface area contributed by atoms with Gasteiger partial charge in [-0.15, -0.1) is 0 Å². The van der Waals surface area contributed by atoms with Gasteiger partial charge in [0.2, 0.25) is 0 Å². The van der Waals surface area contributed by atoms with Gasteiger partial charge >= 0.3 is 0 Å². The van der Waals surface area contributed by atoms with E-state index in [1.54, 1.807) is 6.20 Å². The summed E-state index contributed by atoms with van der Waals surface area (Å²) < 4.78 is 0. The Labute approximate surface area is 84.7 Å². The third-order valence-electron chi connectivity index (χ3n) is 2.67. The minimum atomic E-state index is 0.268. The molecule has 0 spiro atoms. The van der Waals surface area contributed by atoms with E-state index in [0.717, 1.165) is 12.5 Å². The van der Waals surface area contributed by atoms with Crippen molar-refractivity contribution in [3.8, 4) is 0 Å². The van der Waals surface area contributed by atoms with Crippen LogP contribution in [-0.2, 0) is 0 Å². The van der Waals surface area contributed by atoms with E-state index in [9.17, 15) is 0 Å². The average Bonchev–Trinajstić information content (AvgIpc) is 3.04. The molecule has 1 aromatic heterocycles. The van der Waals surface area contributed by atoms with Crippen molar-refractivity contribution >= 4 is 0 Å². The van der Waals surface area contributed by atoms with E-state index >= 15 is 0 Å². The van der Waals surface area contributed by atoms with Gasteiger partial charge < -0.3 is 11.1 Å². The molecule has 0 aromatic carbocycles. The first-order valence-corrected chi connectivity index (χ1v) is 5.23. The Kier molecular flexibility index (Phi) is 3.11. The molecule has 3 heteroatoms. The molecule has 3 nitrogen and oxygen atoms in total. The van der Waals surface area contributed by atoms with Crippen LogP contribution < -0.4 is 11.1 Å². The van der Waals surface area contributed by atoms with Gasteiger partial charge in [0.05, 0.1) is 0 Å². The van der Waals surface area contributed by atoms with E-state index in [1.807, 2.05) is 12.3 Å². The van der Waals surface area contributed by atoms with Crippen molar-refractivity contribution in [1.29, 1.82) is 0 Å². The third-order valence-corrected chi connectivity index (χ3v) is 2.67. The summed E-state index contributed by atoms with van der Waals surface area (Å²) in [7, 11) is 0. The van der Waals surface area contributed by atoms with Crippen molar-refractivity contribution in [3.63, 3.8) is 0 Å². The highest BCUT2D eigenvalue weighted by Crippen LogP contribution is 2.28. The highest BCUT2D eigenvalue weighted by Gasteiger charge is 2.22. The van der Waals surface area contributed by atoms with Crippen molar-refractivity contribution in [2.75, 3.05) is 13.1 Å². The summed E-state index contributed by atoms with van der Waals surface area (Å²) in [6.07, 6.45) is 6.42. The van der Waals surface area contributed by atoms with Gasteiger partial charge in [-0.05, 0) is 36.9 Å². The van der Waals surface area contributed by atoms with Gasteiger partial charge in [-0.25, -0.2) is 0 Å². The summed E-state index contributed by atoms with van der Waals surface area (Å²) in [5.74, 6) is 0.890. The Bertz CT molecular complexity index is 269. The van der Waals surface area contributed by atoms with Crippen molar-refractivity contribution < 1.29 is 0 Å². The van der Waals surface area contributed by atoms with Gasteiger partial charge in [0.15, 0.2) is 0 Å². The number of hydrogen-bond acceptors (Lipinski definition) is 3. The Morgan fingerprint density at radius 1 is 1.57 bits per heavy atom. The molecule has 0 amide bonds. The van der Waals surface area contributed by atoms with Crippen LogP contribution >= 0.6 is 0 Å². The maximum Gasteiger partial charge on any atom is 0.0459 e. The van der Waals surface area contributed by atoms with Crippen LogP contribution in [0.15, 0.2) is 24.5 Å². The van der Waals surface area contributed by atoms with E-state index in [0.29, 0.717) is 6.54 Å². The zero-order valence-corrected chi connectivity index (χ0v) is 8.32. The number of nitrogens with zero attached hydrogens (tertiary/aromatic N) is 1. The molecule has 0 aliphatic heterocycles. The molecule has 1 aliphatic rings. The monoisotopic (exact) mass is 191 g/mol. The zero-order valence-electron chi connectivity index (χ0n) is 8.32. The van der Waals surface area contributed by atoms with Crippen LogP contribution in [0.5, 0.6) is 0 Å². The van der Waals surface area contributed by atoms with Crippen molar-refractivity contribution in [2.45, 2.75) is 18.9 Å². The van der Waals surface area contributed by atoms with Crippen molar-refractivity contribution in [2.24, 2.45) is 11.7 Å². The van der Waals surface area contributed by atoms with E-state index in [1.165, 1.54) is 18.4 Å². The summed E-state index contributed by atoms with van der Waals surface area (Å²) in [4.78, 5) is 4.10. The first kappa shape index (κ1) is 9.62. The summed E-state index contributed by atoms with van der Waals surface area (Å²) in [6, 6.07) is 4.30. The summed E-state index contributed by atoms with van der Waals surface area (Å²) in [5, 5.41) is 3.48. The molecule has 1 heterocycles. The molecule has 76 valence electrons. The van der Waals surface area contributed by atoms with Crippen LogP contribution in [0.2, 0.25) is 0 Å². The Balaban J connectivity index is 1.90. The second-order valence-corrected chi connectivity index (χ2v) is 3.93. The lowest BCUT2D eigenvalue weighted by molar-refractivity contribution is 0.521. The fourth-order valence-electron chi connectivity index (χ4n) is 1.55. The Hall–Kier alpha value is -0.930. The molecule has 0 radical (unpaired) electrons. The van der Waals surface area contributed by atoms with Gasteiger partial charge in [0.1, 0.15) is 0 Å². The number of rotatable bonds is 5. The molecular weight excluding hydrogens is 174 g/mol. The van der Waals surface area contributed by atoms with E-state index in [2.05, 4.69) is 16.4 Å². The molecule has 3 N–H and O–H groups in total. The maximum atomic E-state index is 5.72. The molecule has 1 saturated carbocycles. The lowest BCUT2D eigenvalue weighted by Crippen LogP contribution is -2.29. The van der Waals surface area contributed by atoms with E-state index < -0.39 is 0 Å². The molecule has 0 bridgehead atoms. The quantitative estimate of drug-likeness (QED) is 0.732. The summed E-state index contributed by atoms with van der Waals surface area (Å²) >= 11 is 0. The van der Waals surface area contributed by atoms with Gasteiger partial charge in [-0.1, -0.05) is 6.07 Å². The topological polar surface area (TPSA) is 50.9 Å². The van der Waals surface area contributed by atoms with Crippen LogP contribution in [0, 0.1) is 5.92 Å². The van der Waals surface area contributed by atoms with Crippen LogP contribution in [0.1, 0.15) is 24.4 Å². The number of nitrogens with one attached hydrogen (secondary N) is 1. The molecule has 2 rings (SSSR count). The molecule has 0 saturated heterocycles. The van der Waals surface area contributed by atoms with E-state index in [4.69, 9.17) is 5.73 Å². The van der Waals surface area contributed by atoms with Gasteiger partial charge in [0.25, 0.3) is 0 Å². The molecule has 1 atom stereocenters. The summed E-state index contributed by atoms with van der Waals surface area (Å²) in [6.45, 7) is 1.73. The number of hydrogen-bond donors (Lipinski definition) is 2. The number of aromatic nitrogens is 1. The number of pyridine rings is 1. The van der Waals surface area contributed by atoms with Gasteiger partial charge in [-0.3, -0.25) is 4.98 Å². The molecule has 1 fully saturated rings. The lowest BCUT2D eigenvalue weighted by Gasteiger charge is -2.16. The minimum absolute atomic E-state index is 0.268. The second kappa shape index (κ2) is 4.53. The fourth-order valence-corrected chi connectivity index (χ4v) is 1.55. The molecule has 14 heavy (non-hydrogen) atoms. The Morgan fingerprint density at radius 3 is 3.00 bits per heavy atom. The van der Waals surface area contributed by atoms with Crippen LogP contribution in [0.3, 0.4) is 0 Å². The predicted molar refractivity (Wildman–Crippen MR) is 56.8 cm³/mol. The van der Waals surface area contributed by atoms with Gasteiger partial charge in [-0.2, -0.15) is 0 Å². The van der Waals surface area contributed by atoms with Crippen LogP contribution in [0.4, 0.5) is 0 Å². The number of nitrogens with two attached hydrogens (primary N) is 1. The standard InChI is InChI=1S/C11H17N3/c12-6-11(14-7-9-3-4-9)10-2-1-5-13-8-10/h1-2,5,8-9,11,14H,3-4,6-7,12H2. The van der Waals surface area contributed by atoms with Crippen LogP contribution in [0.25, 0.3) is 0 Å².